The molecule has 0 saturated heterocycles. The number of rotatable bonds is 6. The van der Waals surface area contributed by atoms with Crippen LogP contribution in [-0.2, 0) is 4.79 Å². The van der Waals surface area contributed by atoms with Gasteiger partial charge in [-0.25, -0.2) is 0 Å². The van der Waals surface area contributed by atoms with Gasteiger partial charge in [0, 0.05) is 6.07 Å². The molecule has 1 atom stereocenters. The number of ether oxygens (including phenoxy) is 4. The fraction of sp³-hybridized carbons (Fsp3) is 0.278. The third-order valence-corrected chi connectivity index (χ3v) is 3.51. The summed E-state index contributed by atoms with van der Waals surface area (Å²) in [6, 6.07) is 14.6. The molecular weight excluding hydrogens is 310 g/mol. The fourth-order valence-electron chi connectivity index (χ4n) is 2.28. The summed E-state index contributed by atoms with van der Waals surface area (Å²) >= 11 is 0. The van der Waals surface area contributed by atoms with Gasteiger partial charge in [0.05, 0.1) is 13.7 Å². The van der Waals surface area contributed by atoms with Gasteiger partial charge in [0.1, 0.15) is 24.2 Å². The Labute approximate surface area is 140 Å². The van der Waals surface area contributed by atoms with Crippen LogP contribution in [0.4, 0.5) is 0 Å². The molecule has 0 unspecified atom stereocenters. The monoisotopic (exact) mass is 329 g/mol. The molecule has 0 aliphatic carbocycles. The Morgan fingerprint density at radius 1 is 1.17 bits per heavy atom. The minimum atomic E-state index is -0.222. The highest BCUT2D eigenvalue weighted by Crippen LogP contribution is 2.30. The quantitative estimate of drug-likeness (QED) is 0.878. The maximum Gasteiger partial charge on any atom is 0.258 e. The molecule has 2 aromatic carbocycles. The fourth-order valence-corrected chi connectivity index (χ4v) is 2.28. The Kier molecular flexibility index (Phi) is 5.05. The number of methoxy groups -OCH3 is 1. The van der Waals surface area contributed by atoms with Gasteiger partial charge >= 0.3 is 0 Å². The number of carbonyl (C=O) groups excluding carboxylic acids is 1. The van der Waals surface area contributed by atoms with Gasteiger partial charge in [-0.2, -0.15) is 0 Å². The van der Waals surface area contributed by atoms with Gasteiger partial charge in [-0.05, 0) is 24.3 Å². The number of carbonyl (C=O) groups is 1. The first-order valence-electron chi connectivity index (χ1n) is 7.66. The zero-order chi connectivity index (χ0) is 16.8. The summed E-state index contributed by atoms with van der Waals surface area (Å²) in [5, 5.41) is 2.78. The van der Waals surface area contributed by atoms with Crippen molar-refractivity contribution in [2.75, 3.05) is 26.9 Å². The van der Waals surface area contributed by atoms with E-state index in [1.54, 1.807) is 25.3 Å². The van der Waals surface area contributed by atoms with E-state index in [9.17, 15) is 4.79 Å². The number of amides is 1. The molecule has 3 rings (SSSR count). The van der Waals surface area contributed by atoms with Crippen LogP contribution < -0.4 is 24.3 Å². The Morgan fingerprint density at radius 3 is 2.79 bits per heavy atom. The van der Waals surface area contributed by atoms with E-state index in [4.69, 9.17) is 18.9 Å². The number of para-hydroxylation sites is 2. The molecule has 0 saturated carbocycles. The maximum absolute atomic E-state index is 11.9. The summed E-state index contributed by atoms with van der Waals surface area (Å²) in [4.78, 5) is 11.9. The van der Waals surface area contributed by atoms with E-state index < -0.39 is 0 Å². The van der Waals surface area contributed by atoms with E-state index in [1.807, 2.05) is 30.3 Å². The van der Waals surface area contributed by atoms with E-state index >= 15 is 0 Å². The third kappa shape index (κ3) is 4.10. The van der Waals surface area contributed by atoms with Crippen LogP contribution in [-0.4, -0.2) is 38.9 Å². The molecular formula is C18H19NO5. The molecule has 1 heterocycles. The number of hydrogen-bond donors (Lipinski definition) is 1. The number of benzene rings is 2. The largest absolute Gasteiger partial charge is 0.497 e. The lowest BCUT2D eigenvalue weighted by Crippen LogP contribution is -2.42. The average Bonchev–Trinajstić information content (AvgIpc) is 2.64. The molecule has 2 aromatic rings. The van der Waals surface area contributed by atoms with Crippen molar-refractivity contribution in [3.05, 3.63) is 48.5 Å². The van der Waals surface area contributed by atoms with Crippen molar-refractivity contribution < 1.29 is 23.7 Å². The van der Waals surface area contributed by atoms with Crippen molar-refractivity contribution in [1.82, 2.24) is 5.32 Å². The SMILES string of the molecule is COc1cccc(OCC(=O)NC[C@H]2COc3ccccc3O2)c1. The molecule has 1 aliphatic rings. The predicted molar refractivity (Wildman–Crippen MR) is 87.9 cm³/mol. The van der Waals surface area contributed by atoms with E-state index in [0.717, 1.165) is 5.75 Å². The summed E-state index contributed by atoms with van der Waals surface area (Å²) in [7, 11) is 1.58. The van der Waals surface area contributed by atoms with Crippen molar-refractivity contribution in [3.8, 4) is 23.0 Å². The molecule has 0 fully saturated rings. The Morgan fingerprint density at radius 2 is 1.96 bits per heavy atom. The smallest absolute Gasteiger partial charge is 0.258 e. The molecule has 1 amide bonds. The second-order valence-electron chi connectivity index (χ2n) is 5.27. The predicted octanol–water partition coefficient (Wildman–Crippen LogP) is 2.03. The van der Waals surface area contributed by atoms with Gasteiger partial charge in [0.25, 0.3) is 5.91 Å². The summed E-state index contributed by atoms with van der Waals surface area (Å²) in [5.41, 5.74) is 0. The lowest BCUT2D eigenvalue weighted by molar-refractivity contribution is -0.123. The topological polar surface area (TPSA) is 66.0 Å². The van der Waals surface area contributed by atoms with Crippen LogP contribution >= 0.6 is 0 Å². The molecule has 1 aliphatic heterocycles. The molecule has 6 nitrogen and oxygen atoms in total. The lowest BCUT2D eigenvalue weighted by atomic mass is 10.2. The van der Waals surface area contributed by atoms with Crippen LogP contribution in [0.25, 0.3) is 0 Å². The number of fused-ring (bicyclic) bond motifs is 1. The van der Waals surface area contributed by atoms with Gasteiger partial charge in [-0.3, -0.25) is 4.79 Å². The first-order chi connectivity index (χ1) is 11.7. The minimum Gasteiger partial charge on any atom is -0.497 e. The van der Waals surface area contributed by atoms with Gasteiger partial charge < -0.3 is 24.3 Å². The van der Waals surface area contributed by atoms with Crippen LogP contribution in [0, 0.1) is 0 Å². The molecule has 1 N–H and O–H groups in total. The number of hydrogen-bond acceptors (Lipinski definition) is 5. The average molecular weight is 329 g/mol. The summed E-state index contributed by atoms with van der Waals surface area (Å²) in [6.45, 7) is 0.681. The van der Waals surface area contributed by atoms with Gasteiger partial charge in [0.2, 0.25) is 0 Å². The highest BCUT2D eigenvalue weighted by Gasteiger charge is 2.21. The highest BCUT2D eigenvalue weighted by molar-refractivity contribution is 5.77. The standard InChI is InChI=1S/C18H19NO5/c1-21-13-5-4-6-14(9-13)22-12-18(20)19-10-15-11-23-16-7-2-3-8-17(16)24-15/h2-9,15H,10-12H2,1H3,(H,19,20)/t15-/m0/s1. The van der Waals surface area contributed by atoms with Crippen LogP contribution in [0.5, 0.6) is 23.0 Å². The molecule has 6 heteroatoms. The van der Waals surface area contributed by atoms with Gasteiger partial charge in [-0.1, -0.05) is 18.2 Å². The highest BCUT2D eigenvalue weighted by atomic mass is 16.6. The molecule has 0 aromatic heterocycles. The van der Waals surface area contributed by atoms with Crippen molar-refractivity contribution in [2.45, 2.75) is 6.10 Å². The molecule has 126 valence electrons. The van der Waals surface area contributed by atoms with Crippen molar-refractivity contribution in [2.24, 2.45) is 0 Å². The maximum atomic E-state index is 11.9. The first kappa shape index (κ1) is 16.0. The Bertz CT molecular complexity index is 703. The second-order valence-corrected chi connectivity index (χ2v) is 5.27. The van der Waals surface area contributed by atoms with E-state index in [2.05, 4.69) is 5.32 Å². The van der Waals surface area contributed by atoms with Crippen molar-refractivity contribution in [1.29, 1.82) is 0 Å². The lowest BCUT2D eigenvalue weighted by Gasteiger charge is -2.26. The summed E-state index contributed by atoms with van der Waals surface area (Å²) in [6.07, 6.45) is -0.222. The second kappa shape index (κ2) is 7.59. The zero-order valence-electron chi connectivity index (χ0n) is 13.4. The van der Waals surface area contributed by atoms with Crippen LogP contribution in [0.2, 0.25) is 0 Å². The molecule has 24 heavy (non-hydrogen) atoms. The molecule has 0 spiro atoms. The van der Waals surface area contributed by atoms with E-state index in [0.29, 0.717) is 30.4 Å². The molecule has 0 radical (unpaired) electrons. The van der Waals surface area contributed by atoms with Crippen molar-refractivity contribution >= 4 is 5.91 Å². The Balaban J connectivity index is 1.43. The molecule has 0 bridgehead atoms. The minimum absolute atomic E-state index is 0.0721. The van der Waals surface area contributed by atoms with E-state index in [1.165, 1.54) is 0 Å². The van der Waals surface area contributed by atoms with Crippen LogP contribution in [0.1, 0.15) is 0 Å². The van der Waals surface area contributed by atoms with Crippen LogP contribution in [0.15, 0.2) is 48.5 Å². The summed E-state index contributed by atoms with van der Waals surface area (Å²) < 4.78 is 21.9. The van der Waals surface area contributed by atoms with E-state index in [-0.39, 0.29) is 18.6 Å². The third-order valence-electron chi connectivity index (χ3n) is 3.51. The normalized spacial score (nSPS) is 15.5. The number of nitrogens with one attached hydrogen (secondary N) is 1. The zero-order valence-corrected chi connectivity index (χ0v) is 13.4. The first-order valence-corrected chi connectivity index (χ1v) is 7.66. The van der Waals surface area contributed by atoms with Crippen LogP contribution in [0.3, 0.4) is 0 Å². The Hall–Kier alpha value is -2.89. The van der Waals surface area contributed by atoms with Crippen molar-refractivity contribution in [3.63, 3.8) is 0 Å². The van der Waals surface area contributed by atoms with Gasteiger partial charge in [-0.15, -0.1) is 0 Å². The van der Waals surface area contributed by atoms with Gasteiger partial charge in [0.15, 0.2) is 18.1 Å². The summed E-state index contributed by atoms with van der Waals surface area (Å²) in [5.74, 6) is 2.45.